The van der Waals surface area contributed by atoms with Gasteiger partial charge in [0.05, 0.1) is 11.2 Å². The molecule has 0 saturated carbocycles. The first-order valence-electron chi connectivity index (χ1n) is 6.68. The van der Waals surface area contributed by atoms with Gasteiger partial charge in [0, 0.05) is 33.2 Å². The molecule has 0 radical (unpaired) electrons. The van der Waals surface area contributed by atoms with Crippen LogP contribution in [-0.2, 0) is 6.54 Å². The molecule has 0 saturated heterocycles. The van der Waals surface area contributed by atoms with Crippen molar-refractivity contribution in [3.63, 3.8) is 0 Å². The summed E-state index contributed by atoms with van der Waals surface area (Å²) in [6.45, 7) is 2.55. The molecule has 1 heterocycles. The van der Waals surface area contributed by atoms with Crippen molar-refractivity contribution >= 4 is 39.8 Å². The molecule has 0 aliphatic rings. The number of para-hydroxylation sites is 1. The molecule has 0 bridgehead atoms. The zero-order valence-corrected chi connectivity index (χ0v) is 13.0. The third-order valence-electron chi connectivity index (χ3n) is 3.38. The maximum absolute atomic E-state index is 6.20. The Morgan fingerprint density at radius 1 is 0.952 bits per heavy atom. The lowest BCUT2D eigenvalue weighted by Crippen LogP contribution is -2.02. The third-order valence-corrected chi connectivity index (χ3v) is 4.09. The van der Waals surface area contributed by atoms with Crippen molar-refractivity contribution in [1.29, 1.82) is 0 Å². The normalized spacial score (nSPS) is 10.8. The van der Waals surface area contributed by atoms with Crippen LogP contribution in [0.25, 0.3) is 10.9 Å². The van der Waals surface area contributed by atoms with Crippen LogP contribution >= 0.6 is 23.2 Å². The number of aryl methyl sites for hydroxylation is 1. The summed E-state index contributed by atoms with van der Waals surface area (Å²) in [4.78, 5) is 4.60. The van der Waals surface area contributed by atoms with Crippen molar-refractivity contribution in [3.8, 4) is 0 Å². The monoisotopic (exact) mass is 316 g/mol. The highest BCUT2D eigenvalue weighted by Crippen LogP contribution is 2.27. The summed E-state index contributed by atoms with van der Waals surface area (Å²) >= 11 is 12.4. The second-order valence-electron chi connectivity index (χ2n) is 4.88. The van der Waals surface area contributed by atoms with Gasteiger partial charge in [0.15, 0.2) is 0 Å². The first-order chi connectivity index (χ1) is 10.1. The minimum atomic E-state index is 0.563. The smallest absolute Gasteiger partial charge is 0.0936 e. The number of hydrogen-bond acceptors (Lipinski definition) is 2. The van der Waals surface area contributed by atoms with Crippen LogP contribution in [0.2, 0.25) is 10.0 Å². The fraction of sp³-hybridized carbons (Fsp3) is 0.118. The minimum absolute atomic E-state index is 0.563. The molecule has 0 atom stereocenters. The predicted octanol–water partition coefficient (Wildman–Crippen LogP) is 5.46. The highest BCUT2D eigenvalue weighted by molar-refractivity contribution is 6.36. The first kappa shape index (κ1) is 14.2. The number of halogens is 2. The maximum Gasteiger partial charge on any atom is 0.0936 e. The van der Waals surface area contributed by atoms with E-state index in [2.05, 4.69) is 22.4 Å². The van der Waals surface area contributed by atoms with Gasteiger partial charge in [-0.3, -0.25) is 4.98 Å². The maximum atomic E-state index is 6.20. The minimum Gasteiger partial charge on any atom is -0.379 e. The van der Waals surface area contributed by atoms with Crippen LogP contribution in [0.5, 0.6) is 0 Å². The van der Waals surface area contributed by atoms with Gasteiger partial charge in [-0.05, 0) is 31.2 Å². The quantitative estimate of drug-likeness (QED) is 0.693. The summed E-state index contributed by atoms with van der Waals surface area (Å²) in [5.74, 6) is 0. The van der Waals surface area contributed by atoms with Gasteiger partial charge in [-0.1, -0.05) is 47.5 Å². The van der Waals surface area contributed by atoms with Crippen LogP contribution in [-0.4, -0.2) is 4.98 Å². The Balaban J connectivity index is 1.94. The van der Waals surface area contributed by atoms with Crippen molar-refractivity contribution in [3.05, 3.63) is 69.8 Å². The summed E-state index contributed by atoms with van der Waals surface area (Å²) in [6, 6.07) is 15.7. The van der Waals surface area contributed by atoms with Crippen LogP contribution in [0.3, 0.4) is 0 Å². The summed E-state index contributed by atoms with van der Waals surface area (Å²) in [5.41, 5.74) is 3.82. The van der Waals surface area contributed by atoms with Gasteiger partial charge >= 0.3 is 0 Å². The summed E-state index contributed by atoms with van der Waals surface area (Å²) in [6.07, 6.45) is 0. The zero-order chi connectivity index (χ0) is 14.8. The number of hydrogen-bond donors (Lipinski definition) is 1. The Kier molecular flexibility index (Phi) is 4.00. The lowest BCUT2D eigenvalue weighted by Gasteiger charge is -2.12. The van der Waals surface area contributed by atoms with Crippen LogP contribution in [0.4, 0.5) is 5.69 Å². The molecule has 2 nitrogen and oxygen atoms in total. The number of benzene rings is 2. The third kappa shape index (κ3) is 2.97. The molecular weight excluding hydrogens is 303 g/mol. The topological polar surface area (TPSA) is 24.9 Å². The summed E-state index contributed by atoms with van der Waals surface area (Å²) < 4.78 is 0. The van der Waals surface area contributed by atoms with Crippen molar-refractivity contribution in [2.75, 3.05) is 5.32 Å². The van der Waals surface area contributed by atoms with Gasteiger partial charge in [0.2, 0.25) is 0 Å². The first-order valence-corrected chi connectivity index (χ1v) is 7.44. The van der Waals surface area contributed by atoms with Gasteiger partial charge < -0.3 is 5.32 Å². The number of aromatic nitrogens is 1. The van der Waals surface area contributed by atoms with E-state index in [4.69, 9.17) is 23.2 Å². The van der Waals surface area contributed by atoms with Crippen molar-refractivity contribution in [2.45, 2.75) is 13.5 Å². The average molecular weight is 317 g/mol. The molecule has 21 heavy (non-hydrogen) atoms. The molecular formula is C17H14Cl2N2. The molecule has 0 spiro atoms. The molecule has 4 heteroatoms. The van der Waals surface area contributed by atoms with E-state index in [-0.39, 0.29) is 0 Å². The van der Waals surface area contributed by atoms with Crippen LogP contribution < -0.4 is 5.32 Å². The van der Waals surface area contributed by atoms with Crippen LogP contribution in [0.1, 0.15) is 11.3 Å². The van der Waals surface area contributed by atoms with Crippen LogP contribution in [0.15, 0.2) is 48.5 Å². The number of nitrogens with zero attached hydrogens (tertiary/aromatic N) is 1. The van der Waals surface area contributed by atoms with E-state index in [1.165, 1.54) is 0 Å². The molecule has 2 aromatic carbocycles. The molecule has 1 aromatic heterocycles. The Morgan fingerprint density at radius 2 is 1.67 bits per heavy atom. The molecule has 0 amide bonds. The number of rotatable bonds is 3. The fourth-order valence-corrected chi connectivity index (χ4v) is 2.80. The number of nitrogens with one attached hydrogen (secondary N) is 1. The second-order valence-corrected chi connectivity index (χ2v) is 5.70. The molecule has 0 aliphatic heterocycles. The Hall–Kier alpha value is -1.77. The van der Waals surface area contributed by atoms with E-state index < -0.39 is 0 Å². The molecule has 0 aliphatic carbocycles. The second kappa shape index (κ2) is 5.92. The van der Waals surface area contributed by atoms with Gasteiger partial charge in [0.25, 0.3) is 0 Å². The van der Waals surface area contributed by atoms with Gasteiger partial charge in [-0.2, -0.15) is 0 Å². The van der Waals surface area contributed by atoms with E-state index in [1.54, 1.807) is 0 Å². The summed E-state index contributed by atoms with van der Waals surface area (Å²) in [7, 11) is 0. The molecule has 3 aromatic rings. The predicted molar refractivity (Wildman–Crippen MR) is 90.3 cm³/mol. The Labute approximate surface area is 133 Å². The standard InChI is InChI=1S/C17H14Cl2N2/c1-11-8-9-12-4-2-7-16(17(12)21-11)20-10-13-14(18)5-3-6-15(13)19/h2-9,20H,10H2,1H3. The molecule has 1 N–H and O–H groups in total. The van der Waals surface area contributed by atoms with Crippen LogP contribution in [0, 0.1) is 6.92 Å². The van der Waals surface area contributed by atoms with E-state index in [1.807, 2.05) is 43.3 Å². The molecule has 0 fully saturated rings. The Morgan fingerprint density at radius 3 is 2.43 bits per heavy atom. The van der Waals surface area contributed by atoms with Gasteiger partial charge in [0.1, 0.15) is 0 Å². The zero-order valence-electron chi connectivity index (χ0n) is 11.5. The van der Waals surface area contributed by atoms with Crippen molar-refractivity contribution in [2.24, 2.45) is 0 Å². The van der Waals surface area contributed by atoms with E-state index in [0.717, 1.165) is 27.8 Å². The highest BCUT2D eigenvalue weighted by Gasteiger charge is 2.07. The largest absolute Gasteiger partial charge is 0.379 e. The summed E-state index contributed by atoms with van der Waals surface area (Å²) in [5, 5.41) is 5.82. The molecule has 0 unspecified atom stereocenters. The molecule has 3 rings (SSSR count). The average Bonchev–Trinajstić information content (AvgIpc) is 2.47. The number of anilines is 1. The fourth-order valence-electron chi connectivity index (χ4n) is 2.27. The lowest BCUT2D eigenvalue weighted by molar-refractivity contribution is 1.15. The van der Waals surface area contributed by atoms with Gasteiger partial charge in [-0.15, -0.1) is 0 Å². The Bertz CT molecular complexity index is 780. The van der Waals surface area contributed by atoms with Crippen molar-refractivity contribution in [1.82, 2.24) is 4.98 Å². The lowest BCUT2D eigenvalue weighted by atomic mass is 10.1. The van der Waals surface area contributed by atoms with E-state index >= 15 is 0 Å². The van der Waals surface area contributed by atoms with E-state index in [9.17, 15) is 0 Å². The molecule has 106 valence electrons. The SMILES string of the molecule is Cc1ccc2cccc(NCc3c(Cl)cccc3Cl)c2n1. The van der Waals surface area contributed by atoms with E-state index in [0.29, 0.717) is 16.6 Å². The number of fused-ring (bicyclic) bond motifs is 1. The number of pyridine rings is 1. The van der Waals surface area contributed by atoms with Crippen molar-refractivity contribution < 1.29 is 0 Å². The van der Waals surface area contributed by atoms with Gasteiger partial charge in [-0.25, -0.2) is 0 Å². The highest BCUT2D eigenvalue weighted by atomic mass is 35.5.